The predicted molar refractivity (Wildman–Crippen MR) is 191 cm³/mol. The molecule has 230 valence electrons. The fraction of sp³-hybridized carbons (Fsp3) is 0.371. The molecule has 0 spiro atoms. The lowest BCUT2D eigenvalue weighted by Gasteiger charge is -2.23. The highest BCUT2D eigenvalue weighted by molar-refractivity contribution is 7.27. The number of halogens is 2. The molecule has 9 heteroatoms. The van der Waals surface area contributed by atoms with Crippen LogP contribution in [-0.2, 0) is 17.3 Å². The van der Waals surface area contributed by atoms with E-state index in [-0.39, 0.29) is 22.0 Å². The lowest BCUT2D eigenvalue weighted by molar-refractivity contribution is 0.507. The van der Waals surface area contributed by atoms with E-state index in [1.165, 1.54) is 36.4 Å². The fourth-order valence-corrected chi connectivity index (χ4v) is 10.6. The third kappa shape index (κ3) is 5.75. The van der Waals surface area contributed by atoms with E-state index in [4.69, 9.17) is 0 Å². The van der Waals surface area contributed by atoms with Crippen LogP contribution in [0, 0.1) is 17.6 Å². The second kappa shape index (κ2) is 11.8. The van der Waals surface area contributed by atoms with Gasteiger partial charge in [-0.2, -0.15) is 8.75 Å². The summed E-state index contributed by atoms with van der Waals surface area (Å²) in [7, 11) is 0. The summed E-state index contributed by atoms with van der Waals surface area (Å²) in [5.41, 5.74) is 2.55. The van der Waals surface area contributed by atoms with Gasteiger partial charge >= 0.3 is 0 Å². The van der Waals surface area contributed by atoms with Crippen molar-refractivity contribution >= 4 is 68.1 Å². The molecule has 1 aromatic carbocycles. The van der Waals surface area contributed by atoms with Crippen LogP contribution >= 0.6 is 57.1 Å². The molecule has 0 aliphatic rings. The molecular weight excluding hydrogens is 647 g/mol. The first-order valence-corrected chi connectivity index (χ1v) is 18.9. The number of hydrogen-bond donors (Lipinski definition) is 0. The van der Waals surface area contributed by atoms with Gasteiger partial charge in [0.15, 0.2) is 11.6 Å². The first-order valence-electron chi connectivity index (χ1n) is 14.9. The van der Waals surface area contributed by atoms with Crippen molar-refractivity contribution in [3.63, 3.8) is 0 Å². The van der Waals surface area contributed by atoms with Crippen molar-refractivity contribution in [2.45, 2.75) is 79.1 Å². The van der Waals surface area contributed by atoms with E-state index in [9.17, 15) is 0 Å². The third-order valence-corrected chi connectivity index (χ3v) is 14.2. The smallest absolute Gasteiger partial charge is 0.170 e. The maximum atomic E-state index is 16.2. The van der Waals surface area contributed by atoms with Crippen molar-refractivity contribution < 1.29 is 8.78 Å². The average molecular weight is 683 g/mol. The molecule has 0 radical (unpaired) electrons. The van der Waals surface area contributed by atoms with Gasteiger partial charge in [0.1, 0.15) is 11.0 Å². The Morgan fingerprint density at radius 2 is 1.18 bits per heavy atom. The van der Waals surface area contributed by atoms with Crippen LogP contribution < -0.4 is 0 Å². The standard InChI is InChI=1S/C35H36F2N2S5/c1-9-35(7,8)33-19(16-18(2)3)17-25(43-33)28-30(37)29(36)27(31-32(28)39-44-38-31)24-13-12-21(41-24)20-10-11-22(40-20)23-14-15-26(42-23)34(4,5)6/h10-15,17-18H,9,16H2,1-8H3. The Hall–Kier alpha value is -2.30. The van der Waals surface area contributed by atoms with Gasteiger partial charge in [0, 0.05) is 39.0 Å². The van der Waals surface area contributed by atoms with Crippen molar-refractivity contribution in [3.05, 3.63) is 69.4 Å². The fourth-order valence-electron chi connectivity index (χ4n) is 5.35. The summed E-state index contributed by atoms with van der Waals surface area (Å²) in [5.74, 6) is -1.25. The van der Waals surface area contributed by atoms with Crippen molar-refractivity contribution in [2.75, 3.05) is 0 Å². The molecule has 0 amide bonds. The van der Waals surface area contributed by atoms with Crippen LogP contribution in [-0.4, -0.2) is 8.75 Å². The van der Waals surface area contributed by atoms with Gasteiger partial charge < -0.3 is 0 Å². The zero-order valence-corrected chi connectivity index (χ0v) is 30.3. The maximum absolute atomic E-state index is 16.2. The Kier molecular flexibility index (Phi) is 8.50. The van der Waals surface area contributed by atoms with E-state index in [0.717, 1.165) is 39.2 Å². The summed E-state index contributed by atoms with van der Waals surface area (Å²) in [5, 5.41) is 0. The normalized spacial score (nSPS) is 12.7. The minimum atomic E-state index is -0.858. The minimum absolute atomic E-state index is 0.0606. The highest BCUT2D eigenvalue weighted by atomic mass is 32.1. The number of rotatable bonds is 8. The minimum Gasteiger partial charge on any atom is -0.203 e. The van der Waals surface area contributed by atoms with Crippen LogP contribution in [0.2, 0.25) is 0 Å². The van der Waals surface area contributed by atoms with Crippen molar-refractivity contribution in [1.82, 2.24) is 8.75 Å². The lowest BCUT2D eigenvalue weighted by atomic mass is 9.84. The maximum Gasteiger partial charge on any atom is 0.170 e. The van der Waals surface area contributed by atoms with Crippen molar-refractivity contribution in [1.29, 1.82) is 0 Å². The summed E-state index contributed by atoms with van der Waals surface area (Å²) in [6.07, 6.45) is 1.85. The molecule has 2 nitrogen and oxygen atoms in total. The molecule has 44 heavy (non-hydrogen) atoms. The summed E-state index contributed by atoms with van der Waals surface area (Å²) in [4.78, 5) is 8.55. The second-order valence-electron chi connectivity index (χ2n) is 13.4. The molecular formula is C35H36F2N2S5. The van der Waals surface area contributed by atoms with Crippen molar-refractivity contribution in [2.24, 2.45) is 5.92 Å². The van der Waals surface area contributed by atoms with Gasteiger partial charge in [0.05, 0.1) is 22.9 Å². The van der Waals surface area contributed by atoms with E-state index in [1.807, 2.05) is 23.5 Å². The van der Waals surface area contributed by atoms with Crippen LogP contribution in [0.25, 0.3) is 51.4 Å². The number of nitrogens with zero attached hydrogens (tertiary/aromatic N) is 2. The van der Waals surface area contributed by atoms with Gasteiger partial charge in [0.2, 0.25) is 0 Å². The molecule has 6 rings (SSSR count). The van der Waals surface area contributed by atoms with E-state index in [1.54, 1.807) is 22.7 Å². The summed E-state index contributed by atoms with van der Waals surface area (Å²) < 4.78 is 41.4. The molecule has 0 aliphatic carbocycles. The van der Waals surface area contributed by atoms with Crippen LogP contribution in [0.5, 0.6) is 0 Å². The van der Waals surface area contributed by atoms with Crippen LogP contribution in [0.4, 0.5) is 8.78 Å². The number of thiophene rings is 4. The van der Waals surface area contributed by atoms with E-state index in [2.05, 4.69) is 94.5 Å². The molecule has 6 aromatic rings. The lowest BCUT2D eigenvalue weighted by Crippen LogP contribution is -2.16. The SMILES string of the molecule is CCC(C)(C)c1sc(-c2c(F)c(F)c(-c3ccc(-c4ccc(-c5ccc(C(C)(C)C)s5)s4)s3)c3nsnc23)cc1CC(C)C. The van der Waals surface area contributed by atoms with Crippen molar-refractivity contribution in [3.8, 4) is 40.4 Å². The van der Waals surface area contributed by atoms with E-state index < -0.39 is 11.6 Å². The van der Waals surface area contributed by atoms with Gasteiger partial charge in [-0.15, -0.1) is 45.3 Å². The Morgan fingerprint density at radius 3 is 1.70 bits per heavy atom. The summed E-state index contributed by atoms with van der Waals surface area (Å²) in [6, 6.07) is 14.6. The van der Waals surface area contributed by atoms with E-state index in [0.29, 0.717) is 21.8 Å². The zero-order valence-electron chi connectivity index (χ0n) is 26.2. The molecule has 0 unspecified atom stereocenters. The molecule has 0 N–H and O–H groups in total. The quantitative estimate of drug-likeness (QED) is 0.160. The summed E-state index contributed by atoms with van der Waals surface area (Å²) >= 11 is 7.59. The Labute approximate surface area is 278 Å². The zero-order chi connectivity index (χ0) is 31.6. The molecule has 5 heterocycles. The molecule has 0 fully saturated rings. The van der Waals surface area contributed by atoms with Gasteiger partial charge in [-0.25, -0.2) is 8.78 Å². The molecule has 0 atom stereocenters. The Balaban J connectivity index is 1.40. The first kappa shape index (κ1) is 31.7. The topological polar surface area (TPSA) is 25.8 Å². The van der Waals surface area contributed by atoms with Gasteiger partial charge in [0.25, 0.3) is 0 Å². The average Bonchev–Trinajstić information content (AvgIpc) is 3.78. The number of aromatic nitrogens is 2. The molecule has 0 saturated carbocycles. The molecule has 5 aromatic heterocycles. The largest absolute Gasteiger partial charge is 0.203 e. The summed E-state index contributed by atoms with van der Waals surface area (Å²) in [6.45, 7) is 17.7. The molecule has 0 saturated heterocycles. The number of benzene rings is 1. The Bertz CT molecular complexity index is 1960. The van der Waals surface area contributed by atoms with Gasteiger partial charge in [-0.1, -0.05) is 55.4 Å². The monoisotopic (exact) mass is 682 g/mol. The predicted octanol–water partition coefficient (Wildman–Crippen LogP) is 13.1. The Morgan fingerprint density at radius 1 is 0.682 bits per heavy atom. The second-order valence-corrected chi connectivity index (χ2v) is 18.2. The number of fused-ring (bicyclic) bond motifs is 1. The molecule has 0 aliphatic heterocycles. The third-order valence-electron chi connectivity index (χ3n) is 8.07. The van der Waals surface area contributed by atoms with Gasteiger partial charge in [-0.05, 0) is 77.6 Å². The van der Waals surface area contributed by atoms with E-state index >= 15 is 8.78 Å². The van der Waals surface area contributed by atoms with Crippen LogP contribution in [0.15, 0.2) is 42.5 Å². The van der Waals surface area contributed by atoms with Gasteiger partial charge in [-0.3, -0.25) is 0 Å². The van der Waals surface area contributed by atoms with Crippen LogP contribution in [0.1, 0.15) is 77.1 Å². The van der Waals surface area contributed by atoms with Crippen LogP contribution in [0.3, 0.4) is 0 Å². The number of hydrogen-bond acceptors (Lipinski definition) is 7. The highest BCUT2D eigenvalue weighted by Crippen LogP contribution is 2.48. The first-order chi connectivity index (χ1) is 20.8. The molecule has 0 bridgehead atoms. The highest BCUT2D eigenvalue weighted by Gasteiger charge is 2.30.